The minimum atomic E-state index is 0.00668. The molecule has 1 aromatic carbocycles. The molecular weight excluding hydrogens is 445 g/mol. The number of rotatable bonds is 5. The number of benzene rings is 1. The molecule has 6 nitrogen and oxygen atoms in total. The van der Waals surface area contributed by atoms with E-state index in [1.807, 2.05) is 18.2 Å². The topological polar surface area (TPSA) is 55.2 Å². The van der Waals surface area contributed by atoms with Crippen LogP contribution in [0.3, 0.4) is 0 Å². The van der Waals surface area contributed by atoms with Gasteiger partial charge in [-0.3, -0.25) is 0 Å². The fourth-order valence-corrected chi connectivity index (χ4v) is 5.40. The Bertz CT molecular complexity index is 1080. The van der Waals surface area contributed by atoms with Gasteiger partial charge in [0.15, 0.2) is 5.82 Å². The highest BCUT2D eigenvalue weighted by Gasteiger charge is 2.27. The third kappa shape index (κ3) is 4.32. The van der Waals surface area contributed by atoms with Crippen LogP contribution in [-0.4, -0.2) is 41.1 Å². The van der Waals surface area contributed by atoms with Gasteiger partial charge in [0, 0.05) is 66.4 Å². The summed E-state index contributed by atoms with van der Waals surface area (Å²) < 4.78 is 7.74. The first-order valence-corrected chi connectivity index (χ1v) is 11.9. The molecule has 0 radical (unpaired) electrons. The van der Waals surface area contributed by atoms with Crippen molar-refractivity contribution in [2.45, 2.75) is 32.4 Å². The molecular formula is C24H27Cl2N5O. The molecule has 5 rings (SSSR count). The molecule has 1 saturated heterocycles. The van der Waals surface area contributed by atoms with E-state index >= 15 is 0 Å². The fraction of sp³-hybridized carbons (Fsp3) is 0.417. The summed E-state index contributed by atoms with van der Waals surface area (Å²) in [5.74, 6) is 1.45. The van der Waals surface area contributed by atoms with Crippen LogP contribution in [0.15, 0.2) is 42.7 Å². The molecule has 2 aliphatic heterocycles. The number of aromatic nitrogens is 3. The van der Waals surface area contributed by atoms with E-state index in [4.69, 9.17) is 27.9 Å². The Kier molecular flexibility index (Phi) is 6.26. The summed E-state index contributed by atoms with van der Waals surface area (Å²) in [6, 6.07) is 9.89. The summed E-state index contributed by atoms with van der Waals surface area (Å²) in [7, 11) is 0. The van der Waals surface area contributed by atoms with Crippen LogP contribution in [0, 0.1) is 5.92 Å². The Hall–Kier alpha value is -2.28. The SMILES string of the molecule is CC(c1c(Cl)cccc1Cl)N1CCNc2nnc(-c3ccn(CC4CCOCC4)c3)cc21. The highest BCUT2D eigenvalue weighted by atomic mass is 35.5. The monoisotopic (exact) mass is 471 g/mol. The average molecular weight is 472 g/mol. The number of nitrogens with zero attached hydrogens (tertiary/aromatic N) is 4. The molecule has 1 fully saturated rings. The Morgan fingerprint density at radius 2 is 1.94 bits per heavy atom. The van der Waals surface area contributed by atoms with Crippen molar-refractivity contribution in [3.8, 4) is 11.3 Å². The molecule has 168 valence electrons. The summed E-state index contributed by atoms with van der Waals surface area (Å²) >= 11 is 13.0. The second-order valence-corrected chi connectivity index (χ2v) is 9.36. The van der Waals surface area contributed by atoms with E-state index < -0.39 is 0 Å². The van der Waals surface area contributed by atoms with Crippen molar-refractivity contribution in [2.75, 3.05) is 36.5 Å². The highest BCUT2D eigenvalue weighted by Crippen LogP contribution is 2.40. The number of hydrogen-bond acceptors (Lipinski definition) is 5. The number of ether oxygens (including phenoxy) is 1. The minimum Gasteiger partial charge on any atom is -0.381 e. The molecule has 1 unspecified atom stereocenters. The molecule has 0 spiro atoms. The standard InChI is InChI=1S/C24H27Cl2N5O/c1-16(23-19(25)3-2-4-20(23)26)31-10-8-27-24-22(31)13-21(28-29-24)18-5-9-30(15-18)14-17-6-11-32-12-7-17/h2-5,9,13,15-17H,6-8,10-12,14H2,1H3,(H,27,29). The van der Waals surface area contributed by atoms with Crippen molar-refractivity contribution >= 4 is 34.7 Å². The molecule has 3 aromatic rings. The Balaban J connectivity index is 1.42. The molecule has 0 aliphatic carbocycles. The molecule has 2 aliphatic rings. The largest absolute Gasteiger partial charge is 0.381 e. The number of nitrogens with one attached hydrogen (secondary N) is 1. The van der Waals surface area contributed by atoms with Gasteiger partial charge < -0.3 is 19.5 Å². The van der Waals surface area contributed by atoms with E-state index in [2.05, 4.69) is 56.4 Å². The highest BCUT2D eigenvalue weighted by molar-refractivity contribution is 6.36. The van der Waals surface area contributed by atoms with E-state index in [1.54, 1.807) is 0 Å². The number of hydrogen-bond donors (Lipinski definition) is 1. The zero-order valence-corrected chi connectivity index (χ0v) is 19.6. The minimum absolute atomic E-state index is 0.00668. The average Bonchev–Trinajstić information content (AvgIpc) is 3.27. The van der Waals surface area contributed by atoms with Gasteiger partial charge in [0.2, 0.25) is 0 Å². The maximum absolute atomic E-state index is 6.52. The van der Waals surface area contributed by atoms with Crippen LogP contribution in [0.1, 0.15) is 31.4 Å². The lowest BCUT2D eigenvalue weighted by Gasteiger charge is -2.36. The Morgan fingerprint density at radius 1 is 1.16 bits per heavy atom. The van der Waals surface area contributed by atoms with Crippen LogP contribution in [0.4, 0.5) is 11.5 Å². The van der Waals surface area contributed by atoms with Crippen LogP contribution in [0.2, 0.25) is 10.0 Å². The Morgan fingerprint density at radius 3 is 2.72 bits per heavy atom. The molecule has 8 heteroatoms. The third-order valence-electron chi connectivity index (χ3n) is 6.47. The van der Waals surface area contributed by atoms with Gasteiger partial charge in [0.25, 0.3) is 0 Å². The second-order valence-electron chi connectivity index (χ2n) is 8.55. The molecule has 0 bridgehead atoms. The predicted molar refractivity (Wildman–Crippen MR) is 130 cm³/mol. The van der Waals surface area contributed by atoms with Gasteiger partial charge >= 0.3 is 0 Å². The first kappa shape index (κ1) is 21.6. The van der Waals surface area contributed by atoms with Gasteiger partial charge in [0.05, 0.1) is 17.4 Å². The van der Waals surface area contributed by atoms with Crippen molar-refractivity contribution in [3.05, 3.63) is 58.3 Å². The maximum Gasteiger partial charge on any atom is 0.172 e. The van der Waals surface area contributed by atoms with E-state index in [0.29, 0.717) is 16.0 Å². The Labute approximate surface area is 198 Å². The molecule has 2 aromatic heterocycles. The molecule has 4 heterocycles. The molecule has 0 saturated carbocycles. The van der Waals surface area contributed by atoms with Crippen molar-refractivity contribution in [1.29, 1.82) is 0 Å². The first-order chi connectivity index (χ1) is 15.6. The van der Waals surface area contributed by atoms with Crippen LogP contribution >= 0.6 is 23.2 Å². The predicted octanol–water partition coefficient (Wildman–Crippen LogP) is 5.67. The molecule has 1 N–H and O–H groups in total. The molecule has 32 heavy (non-hydrogen) atoms. The van der Waals surface area contributed by atoms with Crippen LogP contribution < -0.4 is 10.2 Å². The second kappa shape index (κ2) is 9.30. The van der Waals surface area contributed by atoms with E-state index in [1.165, 1.54) is 0 Å². The fourth-order valence-electron chi connectivity index (χ4n) is 4.68. The van der Waals surface area contributed by atoms with Crippen molar-refractivity contribution in [1.82, 2.24) is 14.8 Å². The van der Waals surface area contributed by atoms with E-state index in [-0.39, 0.29) is 6.04 Å². The van der Waals surface area contributed by atoms with Crippen molar-refractivity contribution < 1.29 is 4.74 Å². The summed E-state index contributed by atoms with van der Waals surface area (Å²) in [6.07, 6.45) is 6.54. The smallest absolute Gasteiger partial charge is 0.172 e. The van der Waals surface area contributed by atoms with Crippen LogP contribution in [-0.2, 0) is 11.3 Å². The third-order valence-corrected chi connectivity index (χ3v) is 7.13. The van der Waals surface area contributed by atoms with Gasteiger partial charge in [-0.2, -0.15) is 0 Å². The molecule has 1 atom stereocenters. The zero-order valence-electron chi connectivity index (χ0n) is 18.1. The van der Waals surface area contributed by atoms with Crippen LogP contribution in [0.5, 0.6) is 0 Å². The summed E-state index contributed by atoms with van der Waals surface area (Å²) in [5, 5.41) is 13.7. The normalized spacial score (nSPS) is 17.7. The zero-order chi connectivity index (χ0) is 22.1. The summed E-state index contributed by atoms with van der Waals surface area (Å²) in [5.41, 5.74) is 3.88. The van der Waals surface area contributed by atoms with Gasteiger partial charge in [-0.15, -0.1) is 10.2 Å². The molecule has 0 amide bonds. The maximum atomic E-state index is 6.52. The first-order valence-electron chi connectivity index (χ1n) is 11.2. The van der Waals surface area contributed by atoms with Crippen molar-refractivity contribution in [3.63, 3.8) is 0 Å². The lowest BCUT2D eigenvalue weighted by molar-refractivity contribution is 0.0613. The van der Waals surface area contributed by atoms with Gasteiger partial charge in [-0.25, -0.2) is 0 Å². The number of halogens is 2. The van der Waals surface area contributed by atoms with Gasteiger partial charge in [0.1, 0.15) is 0 Å². The van der Waals surface area contributed by atoms with E-state index in [9.17, 15) is 0 Å². The lowest BCUT2D eigenvalue weighted by atomic mass is 10.0. The van der Waals surface area contributed by atoms with E-state index in [0.717, 1.165) is 74.0 Å². The quantitative estimate of drug-likeness (QED) is 0.519. The summed E-state index contributed by atoms with van der Waals surface area (Å²) in [4.78, 5) is 2.30. The number of anilines is 2. The van der Waals surface area contributed by atoms with Gasteiger partial charge in [-0.05, 0) is 49.9 Å². The van der Waals surface area contributed by atoms with Crippen molar-refractivity contribution in [2.24, 2.45) is 5.92 Å². The van der Waals surface area contributed by atoms with Crippen LogP contribution in [0.25, 0.3) is 11.3 Å². The lowest BCUT2D eigenvalue weighted by Crippen LogP contribution is -2.36. The summed E-state index contributed by atoms with van der Waals surface area (Å²) in [6.45, 7) is 6.49. The number of fused-ring (bicyclic) bond motifs is 1. The van der Waals surface area contributed by atoms with Gasteiger partial charge in [-0.1, -0.05) is 29.3 Å².